The number of aliphatic imine (C=N–C) groups is 1. The van der Waals surface area contributed by atoms with Crippen LogP contribution in [0.25, 0.3) is 0 Å². The number of ether oxygens (including phenoxy) is 2. The van der Waals surface area contributed by atoms with Crippen LogP contribution < -0.4 is 15.4 Å². The second kappa shape index (κ2) is 12.4. The summed E-state index contributed by atoms with van der Waals surface area (Å²) in [4.78, 5) is 4.58. The molecule has 0 radical (unpaired) electrons. The quantitative estimate of drug-likeness (QED) is 0.346. The number of nitrogens with one attached hydrogen (secondary N) is 2. The van der Waals surface area contributed by atoms with Gasteiger partial charge in [-0.2, -0.15) is 0 Å². The fourth-order valence-electron chi connectivity index (χ4n) is 1.96. The zero-order valence-corrected chi connectivity index (χ0v) is 17.8. The number of nitrogens with zero attached hydrogens (tertiary/aromatic N) is 1. The lowest BCUT2D eigenvalue weighted by Gasteiger charge is -2.21. The molecule has 1 aromatic carbocycles. The molecular weight excluding hydrogens is 417 g/mol. The Bertz CT molecular complexity index is 493. The molecule has 5 nitrogen and oxygen atoms in total. The molecule has 0 aromatic heterocycles. The molecule has 0 fully saturated rings. The number of guanidine groups is 1. The SMILES string of the molecule is CCNC(=NCC(C)(C)OC)NCCc1cccc(OCC)c1.I. The van der Waals surface area contributed by atoms with Crippen LogP contribution in [0.1, 0.15) is 33.3 Å². The zero-order chi connectivity index (χ0) is 17.1. The largest absolute Gasteiger partial charge is 0.494 e. The van der Waals surface area contributed by atoms with Gasteiger partial charge in [0.2, 0.25) is 0 Å². The molecule has 1 rings (SSSR count). The summed E-state index contributed by atoms with van der Waals surface area (Å²) in [7, 11) is 1.71. The molecule has 0 heterocycles. The minimum absolute atomic E-state index is 0. The van der Waals surface area contributed by atoms with Gasteiger partial charge in [0.1, 0.15) is 5.75 Å². The van der Waals surface area contributed by atoms with Crippen molar-refractivity contribution >= 4 is 29.9 Å². The molecule has 0 atom stereocenters. The van der Waals surface area contributed by atoms with Crippen LogP contribution in [-0.4, -0.2) is 44.9 Å². The number of halogens is 1. The number of hydrogen-bond donors (Lipinski definition) is 2. The monoisotopic (exact) mass is 449 g/mol. The Kier molecular flexibility index (Phi) is 11.8. The highest BCUT2D eigenvalue weighted by atomic mass is 127. The van der Waals surface area contributed by atoms with E-state index in [1.165, 1.54) is 5.56 Å². The predicted octanol–water partition coefficient (Wildman–Crippen LogP) is 3.23. The molecule has 0 bridgehead atoms. The van der Waals surface area contributed by atoms with Gasteiger partial charge < -0.3 is 20.1 Å². The summed E-state index contributed by atoms with van der Waals surface area (Å²) in [5.74, 6) is 1.74. The third kappa shape index (κ3) is 9.32. The highest BCUT2D eigenvalue weighted by Crippen LogP contribution is 2.13. The van der Waals surface area contributed by atoms with Gasteiger partial charge in [-0.3, -0.25) is 4.99 Å². The number of methoxy groups -OCH3 is 1. The van der Waals surface area contributed by atoms with E-state index in [2.05, 4.69) is 34.7 Å². The van der Waals surface area contributed by atoms with Crippen molar-refractivity contribution in [2.75, 3.05) is 33.4 Å². The predicted molar refractivity (Wildman–Crippen MR) is 112 cm³/mol. The van der Waals surface area contributed by atoms with Crippen molar-refractivity contribution < 1.29 is 9.47 Å². The van der Waals surface area contributed by atoms with E-state index < -0.39 is 0 Å². The van der Waals surface area contributed by atoms with Gasteiger partial charge in [-0.1, -0.05) is 12.1 Å². The van der Waals surface area contributed by atoms with Crippen molar-refractivity contribution in [3.8, 4) is 5.75 Å². The Morgan fingerprint density at radius 3 is 2.58 bits per heavy atom. The van der Waals surface area contributed by atoms with E-state index in [0.717, 1.165) is 31.2 Å². The van der Waals surface area contributed by atoms with Crippen LogP contribution in [-0.2, 0) is 11.2 Å². The van der Waals surface area contributed by atoms with Crippen LogP contribution in [0.15, 0.2) is 29.3 Å². The lowest BCUT2D eigenvalue weighted by molar-refractivity contribution is 0.0310. The second-order valence-electron chi connectivity index (χ2n) is 5.92. The van der Waals surface area contributed by atoms with E-state index in [-0.39, 0.29) is 29.6 Å². The first-order chi connectivity index (χ1) is 11.0. The van der Waals surface area contributed by atoms with E-state index in [1.54, 1.807) is 7.11 Å². The molecule has 24 heavy (non-hydrogen) atoms. The highest BCUT2D eigenvalue weighted by molar-refractivity contribution is 14.0. The topological polar surface area (TPSA) is 54.9 Å². The maximum absolute atomic E-state index is 5.53. The molecule has 0 aliphatic rings. The van der Waals surface area contributed by atoms with E-state index in [1.807, 2.05) is 32.9 Å². The van der Waals surface area contributed by atoms with Gasteiger partial charge in [-0.05, 0) is 51.8 Å². The van der Waals surface area contributed by atoms with Crippen LogP contribution in [0.5, 0.6) is 5.75 Å². The van der Waals surface area contributed by atoms with Gasteiger partial charge >= 0.3 is 0 Å². The maximum Gasteiger partial charge on any atom is 0.191 e. The van der Waals surface area contributed by atoms with E-state index in [9.17, 15) is 0 Å². The van der Waals surface area contributed by atoms with Crippen molar-refractivity contribution in [2.24, 2.45) is 4.99 Å². The van der Waals surface area contributed by atoms with Crippen molar-refractivity contribution in [2.45, 2.75) is 39.7 Å². The van der Waals surface area contributed by atoms with Crippen LogP contribution in [0.4, 0.5) is 0 Å². The number of rotatable bonds is 9. The summed E-state index contributed by atoms with van der Waals surface area (Å²) in [5.41, 5.74) is 0.991. The fourth-order valence-corrected chi connectivity index (χ4v) is 1.96. The molecule has 0 amide bonds. The molecule has 0 saturated carbocycles. The minimum atomic E-state index is -0.256. The van der Waals surface area contributed by atoms with Gasteiger partial charge in [0.25, 0.3) is 0 Å². The number of hydrogen-bond acceptors (Lipinski definition) is 3. The standard InChI is InChI=1S/C18H31N3O2.HI/c1-6-19-17(21-14-18(3,4)22-5)20-12-11-15-9-8-10-16(13-15)23-7-2;/h8-10,13H,6-7,11-12,14H2,1-5H3,(H2,19,20,21);1H. The van der Waals surface area contributed by atoms with Crippen molar-refractivity contribution in [1.29, 1.82) is 0 Å². The first-order valence-electron chi connectivity index (χ1n) is 8.29. The average Bonchev–Trinajstić information content (AvgIpc) is 2.53. The third-order valence-corrected chi connectivity index (χ3v) is 3.43. The van der Waals surface area contributed by atoms with Crippen LogP contribution in [0.2, 0.25) is 0 Å². The smallest absolute Gasteiger partial charge is 0.191 e. The summed E-state index contributed by atoms with van der Waals surface area (Å²) in [6, 6.07) is 8.21. The Hall–Kier alpha value is -1.02. The first kappa shape index (κ1) is 23.0. The van der Waals surface area contributed by atoms with E-state index >= 15 is 0 Å². The van der Waals surface area contributed by atoms with Gasteiger partial charge in [-0.25, -0.2) is 0 Å². The van der Waals surface area contributed by atoms with Gasteiger partial charge in [0, 0.05) is 20.2 Å². The second-order valence-corrected chi connectivity index (χ2v) is 5.92. The lowest BCUT2D eigenvalue weighted by Crippen LogP contribution is -2.40. The highest BCUT2D eigenvalue weighted by Gasteiger charge is 2.15. The number of benzene rings is 1. The molecule has 2 N–H and O–H groups in total. The molecule has 0 spiro atoms. The zero-order valence-electron chi connectivity index (χ0n) is 15.5. The third-order valence-electron chi connectivity index (χ3n) is 3.43. The van der Waals surface area contributed by atoms with E-state index in [0.29, 0.717) is 13.2 Å². The fraction of sp³-hybridized carbons (Fsp3) is 0.611. The van der Waals surface area contributed by atoms with E-state index in [4.69, 9.17) is 9.47 Å². The Balaban J connectivity index is 0.00000529. The summed E-state index contributed by atoms with van der Waals surface area (Å²) < 4.78 is 10.9. The molecule has 0 unspecified atom stereocenters. The lowest BCUT2D eigenvalue weighted by atomic mass is 10.1. The first-order valence-corrected chi connectivity index (χ1v) is 8.29. The molecule has 0 saturated heterocycles. The molecule has 0 aliphatic heterocycles. The van der Waals surface area contributed by atoms with Gasteiger partial charge in [0.15, 0.2) is 5.96 Å². The Morgan fingerprint density at radius 1 is 1.21 bits per heavy atom. The molecular formula is C18H32IN3O2. The maximum atomic E-state index is 5.53. The van der Waals surface area contributed by atoms with Crippen LogP contribution >= 0.6 is 24.0 Å². The Labute approximate surface area is 163 Å². The summed E-state index contributed by atoms with van der Waals surface area (Å²) in [5, 5.41) is 6.62. The van der Waals surface area contributed by atoms with Gasteiger partial charge in [0.05, 0.1) is 18.8 Å². The van der Waals surface area contributed by atoms with Gasteiger partial charge in [-0.15, -0.1) is 24.0 Å². The van der Waals surface area contributed by atoms with Crippen LogP contribution in [0, 0.1) is 0 Å². The molecule has 6 heteroatoms. The van der Waals surface area contributed by atoms with Crippen molar-refractivity contribution in [1.82, 2.24) is 10.6 Å². The molecule has 1 aromatic rings. The molecule has 138 valence electrons. The summed E-state index contributed by atoms with van der Waals surface area (Å²) in [6.45, 7) is 11.1. The van der Waals surface area contributed by atoms with Crippen molar-refractivity contribution in [3.63, 3.8) is 0 Å². The summed E-state index contributed by atoms with van der Waals surface area (Å²) in [6.07, 6.45) is 0.916. The average molecular weight is 449 g/mol. The summed E-state index contributed by atoms with van der Waals surface area (Å²) >= 11 is 0. The Morgan fingerprint density at radius 2 is 1.96 bits per heavy atom. The van der Waals surface area contributed by atoms with Crippen LogP contribution in [0.3, 0.4) is 0 Å². The van der Waals surface area contributed by atoms with Crippen molar-refractivity contribution in [3.05, 3.63) is 29.8 Å². The normalized spacial score (nSPS) is 11.6. The molecule has 0 aliphatic carbocycles. The minimum Gasteiger partial charge on any atom is -0.494 e.